The van der Waals surface area contributed by atoms with E-state index in [1.165, 1.54) is 0 Å². The molecule has 1 saturated carbocycles. The van der Waals surface area contributed by atoms with Gasteiger partial charge in [-0.25, -0.2) is 4.68 Å². The van der Waals surface area contributed by atoms with Gasteiger partial charge in [-0.15, -0.1) is 0 Å². The van der Waals surface area contributed by atoms with E-state index in [1.54, 1.807) is 0 Å². The Hall–Kier alpha value is -2.40. The molecule has 1 aliphatic carbocycles. The molecule has 0 unspecified atom stereocenters. The van der Waals surface area contributed by atoms with Gasteiger partial charge >= 0.3 is 0 Å². The second-order valence-corrected chi connectivity index (χ2v) is 7.99. The normalized spacial score (nSPS) is 15.1. The van der Waals surface area contributed by atoms with Gasteiger partial charge in [0.25, 0.3) is 0 Å². The number of hydrogen-bond donors (Lipinski definition) is 1. The Morgan fingerprint density at radius 3 is 2.52 bits per heavy atom. The summed E-state index contributed by atoms with van der Waals surface area (Å²) in [5.41, 5.74) is 2.92. The van der Waals surface area contributed by atoms with Crippen molar-refractivity contribution in [1.82, 2.24) is 15.1 Å². The van der Waals surface area contributed by atoms with Gasteiger partial charge in [0, 0.05) is 17.2 Å². The topological polar surface area (TPSA) is 46.9 Å². The standard InChI is InChI=1S/C22H22BrN3O/c23-19-9-7-18(8-10-19)22(12-4-13-22)21(27)24-14-11-17-15-25-26(16-17)20-5-2-1-3-6-20/h1-3,5-10,15-16H,4,11-14H2,(H,24,27). The molecule has 1 N–H and O–H groups in total. The molecule has 0 atom stereocenters. The molecule has 1 fully saturated rings. The number of nitrogens with one attached hydrogen (secondary N) is 1. The highest BCUT2D eigenvalue weighted by molar-refractivity contribution is 9.10. The van der Waals surface area contributed by atoms with Crippen molar-refractivity contribution in [3.05, 3.63) is 82.6 Å². The molecule has 4 nitrogen and oxygen atoms in total. The quantitative estimate of drug-likeness (QED) is 0.637. The van der Waals surface area contributed by atoms with Gasteiger partial charge in [0.1, 0.15) is 0 Å². The van der Waals surface area contributed by atoms with Gasteiger partial charge in [-0.05, 0) is 54.7 Å². The van der Waals surface area contributed by atoms with E-state index in [1.807, 2.05) is 59.5 Å². The van der Waals surface area contributed by atoms with Gasteiger partial charge < -0.3 is 5.32 Å². The van der Waals surface area contributed by atoms with Gasteiger partial charge in [-0.2, -0.15) is 5.10 Å². The third-order valence-corrected chi connectivity index (χ3v) is 5.92. The lowest BCUT2D eigenvalue weighted by Gasteiger charge is -2.40. The van der Waals surface area contributed by atoms with Crippen LogP contribution in [0.3, 0.4) is 0 Å². The minimum Gasteiger partial charge on any atom is -0.355 e. The predicted molar refractivity (Wildman–Crippen MR) is 110 cm³/mol. The van der Waals surface area contributed by atoms with Crippen molar-refractivity contribution in [3.8, 4) is 5.69 Å². The maximum atomic E-state index is 12.9. The fourth-order valence-corrected chi connectivity index (χ4v) is 3.91. The molecule has 0 bridgehead atoms. The summed E-state index contributed by atoms with van der Waals surface area (Å²) >= 11 is 3.47. The van der Waals surface area contributed by atoms with Crippen LogP contribution < -0.4 is 5.32 Å². The van der Waals surface area contributed by atoms with E-state index in [4.69, 9.17) is 0 Å². The van der Waals surface area contributed by atoms with Crippen LogP contribution in [0.25, 0.3) is 5.69 Å². The number of rotatable bonds is 6. The van der Waals surface area contributed by atoms with Crippen LogP contribution in [0.15, 0.2) is 71.5 Å². The van der Waals surface area contributed by atoms with Crippen LogP contribution in [0.4, 0.5) is 0 Å². The van der Waals surface area contributed by atoms with Crippen LogP contribution in [-0.2, 0) is 16.6 Å². The first-order valence-electron chi connectivity index (χ1n) is 9.31. The van der Waals surface area contributed by atoms with Gasteiger partial charge in [0.05, 0.1) is 17.3 Å². The lowest BCUT2D eigenvalue weighted by Crippen LogP contribution is -2.49. The smallest absolute Gasteiger partial charge is 0.230 e. The number of amides is 1. The summed E-state index contributed by atoms with van der Waals surface area (Å²) in [6.45, 7) is 0.623. The number of hydrogen-bond acceptors (Lipinski definition) is 2. The Kier molecular flexibility index (Phi) is 5.12. The highest BCUT2D eigenvalue weighted by Crippen LogP contribution is 2.44. The zero-order valence-corrected chi connectivity index (χ0v) is 16.7. The molecule has 1 aromatic heterocycles. The van der Waals surface area contributed by atoms with Crippen LogP contribution in [-0.4, -0.2) is 22.2 Å². The van der Waals surface area contributed by atoms with Crippen molar-refractivity contribution in [2.75, 3.05) is 6.54 Å². The first-order valence-corrected chi connectivity index (χ1v) is 10.1. The number of carbonyl (C=O) groups is 1. The number of benzene rings is 2. The zero-order valence-electron chi connectivity index (χ0n) is 15.1. The molecule has 2 aromatic carbocycles. The Morgan fingerprint density at radius 2 is 1.85 bits per heavy atom. The van der Waals surface area contributed by atoms with E-state index in [2.05, 4.69) is 38.5 Å². The molecular formula is C22H22BrN3O. The molecule has 1 aliphatic rings. The molecule has 3 aromatic rings. The van der Waals surface area contributed by atoms with E-state index in [0.29, 0.717) is 6.54 Å². The van der Waals surface area contributed by atoms with Crippen LogP contribution in [0.1, 0.15) is 30.4 Å². The Balaban J connectivity index is 1.37. The van der Waals surface area contributed by atoms with E-state index in [9.17, 15) is 4.79 Å². The minimum absolute atomic E-state index is 0.145. The third-order valence-electron chi connectivity index (χ3n) is 5.39. The van der Waals surface area contributed by atoms with E-state index < -0.39 is 0 Å². The van der Waals surface area contributed by atoms with Gasteiger partial charge in [-0.1, -0.05) is 52.7 Å². The average molecular weight is 424 g/mol. The molecule has 1 amide bonds. The largest absolute Gasteiger partial charge is 0.355 e. The van der Waals surface area contributed by atoms with Crippen molar-refractivity contribution in [3.63, 3.8) is 0 Å². The minimum atomic E-state index is -0.352. The Labute approximate surface area is 167 Å². The molecule has 0 saturated heterocycles. The number of aromatic nitrogens is 2. The summed E-state index contributed by atoms with van der Waals surface area (Å²) in [6.07, 6.45) is 7.61. The Bertz CT molecular complexity index is 914. The van der Waals surface area contributed by atoms with E-state index >= 15 is 0 Å². The number of carbonyl (C=O) groups excluding carboxylic acids is 1. The summed E-state index contributed by atoms with van der Waals surface area (Å²) in [7, 11) is 0. The fraction of sp³-hybridized carbons (Fsp3) is 0.273. The molecule has 0 aliphatic heterocycles. The number of halogens is 1. The van der Waals surface area contributed by atoms with E-state index in [-0.39, 0.29) is 11.3 Å². The van der Waals surface area contributed by atoms with E-state index in [0.717, 1.165) is 47.0 Å². The summed E-state index contributed by atoms with van der Waals surface area (Å²) in [5, 5.41) is 7.56. The summed E-state index contributed by atoms with van der Waals surface area (Å²) < 4.78 is 2.91. The van der Waals surface area contributed by atoms with Gasteiger partial charge in [-0.3, -0.25) is 4.79 Å². The summed E-state index contributed by atoms with van der Waals surface area (Å²) in [6, 6.07) is 18.2. The lowest BCUT2D eigenvalue weighted by molar-refractivity contribution is -0.129. The third kappa shape index (κ3) is 3.69. The summed E-state index contributed by atoms with van der Waals surface area (Å²) in [4.78, 5) is 12.9. The van der Waals surface area contributed by atoms with Crippen molar-refractivity contribution < 1.29 is 4.79 Å². The van der Waals surface area contributed by atoms with Crippen molar-refractivity contribution in [1.29, 1.82) is 0 Å². The lowest BCUT2D eigenvalue weighted by atomic mass is 9.64. The first-order chi connectivity index (χ1) is 13.2. The average Bonchev–Trinajstić information content (AvgIpc) is 3.12. The molecule has 27 heavy (non-hydrogen) atoms. The maximum Gasteiger partial charge on any atom is 0.230 e. The second kappa shape index (κ2) is 7.69. The molecular weight excluding hydrogens is 402 g/mol. The first kappa shape index (κ1) is 18.0. The molecule has 4 rings (SSSR count). The van der Waals surface area contributed by atoms with Gasteiger partial charge in [0.2, 0.25) is 5.91 Å². The van der Waals surface area contributed by atoms with Crippen LogP contribution in [0.2, 0.25) is 0 Å². The van der Waals surface area contributed by atoms with Crippen LogP contribution in [0.5, 0.6) is 0 Å². The van der Waals surface area contributed by atoms with Crippen molar-refractivity contribution >= 4 is 21.8 Å². The van der Waals surface area contributed by atoms with Crippen molar-refractivity contribution in [2.24, 2.45) is 0 Å². The maximum absolute atomic E-state index is 12.9. The fourth-order valence-electron chi connectivity index (χ4n) is 3.65. The van der Waals surface area contributed by atoms with Crippen LogP contribution in [0, 0.1) is 0 Å². The SMILES string of the molecule is O=C(NCCc1cnn(-c2ccccc2)c1)C1(c2ccc(Br)cc2)CCC1. The van der Waals surface area contributed by atoms with Crippen LogP contribution >= 0.6 is 15.9 Å². The molecule has 1 heterocycles. The zero-order chi connectivity index (χ0) is 18.7. The molecule has 0 spiro atoms. The Morgan fingerprint density at radius 1 is 1.11 bits per heavy atom. The second-order valence-electron chi connectivity index (χ2n) is 7.08. The molecule has 138 valence electrons. The van der Waals surface area contributed by atoms with Crippen molar-refractivity contribution in [2.45, 2.75) is 31.1 Å². The highest BCUT2D eigenvalue weighted by Gasteiger charge is 2.45. The summed E-state index contributed by atoms with van der Waals surface area (Å²) in [5.74, 6) is 0.145. The monoisotopic (exact) mass is 423 g/mol. The molecule has 0 radical (unpaired) electrons. The van der Waals surface area contributed by atoms with Gasteiger partial charge in [0.15, 0.2) is 0 Å². The predicted octanol–water partition coefficient (Wildman–Crippen LogP) is 4.42. The number of para-hydroxylation sites is 1. The number of nitrogens with zero attached hydrogens (tertiary/aromatic N) is 2. The molecule has 5 heteroatoms. The highest BCUT2D eigenvalue weighted by atomic mass is 79.9.